The van der Waals surface area contributed by atoms with E-state index in [0.29, 0.717) is 12.5 Å². The normalized spacial score (nSPS) is 14.2. The van der Waals surface area contributed by atoms with Gasteiger partial charge in [-0.2, -0.15) is 0 Å². The van der Waals surface area contributed by atoms with Crippen molar-refractivity contribution in [1.29, 1.82) is 0 Å². The minimum atomic E-state index is -0.0480. The van der Waals surface area contributed by atoms with Gasteiger partial charge in [0.2, 0.25) is 0 Å². The lowest BCUT2D eigenvalue weighted by atomic mass is 9.90. The van der Waals surface area contributed by atoms with Crippen molar-refractivity contribution in [3.05, 3.63) is 41.4 Å². The molecule has 1 aromatic rings. The Kier molecular flexibility index (Phi) is 5.36. The van der Waals surface area contributed by atoms with Gasteiger partial charge in [-0.15, -0.1) is 18.2 Å². The first-order chi connectivity index (χ1) is 7.59. The number of hydrogen-bond acceptors (Lipinski definition) is 1. The van der Waals surface area contributed by atoms with Crippen LogP contribution in [0.2, 0.25) is 0 Å². The van der Waals surface area contributed by atoms with Gasteiger partial charge in [0.05, 0.1) is 6.61 Å². The standard InChI is InChI=1S/C13H16BrClO/c1-3-13(2,10-15)7-8-16-12-6-4-5-11(14)9-12/h3-6,9H,1,7-8,10H2,2H3. The summed E-state index contributed by atoms with van der Waals surface area (Å²) in [6.07, 6.45) is 2.76. The molecule has 0 aromatic heterocycles. The Morgan fingerprint density at radius 3 is 2.88 bits per heavy atom. The minimum Gasteiger partial charge on any atom is -0.494 e. The number of alkyl halides is 1. The third-order valence-electron chi connectivity index (χ3n) is 2.54. The van der Waals surface area contributed by atoms with Gasteiger partial charge in [0.1, 0.15) is 5.75 Å². The van der Waals surface area contributed by atoms with Crippen molar-refractivity contribution in [2.24, 2.45) is 5.41 Å². The van der Waals surface area contributed by atoms with E-state index >= 15 is 0 Å². The predicted octanol–water partition coefficient (Wildman–Crippen LogP) is 4.65. The molecule has 0 N–H and O–H groups in total. The summed E-state index contributed by atoms with van der Waals surface area (Å²) >= 11 is 9.29. The maximum absolute atomic E-state index is 5.88. The fourth-order valence-corrected chi connectivity index (χ4v) is 1.80. The number of rotatable bonds is 6. The van der Waals surface area contributed by atoms with Gasteiger partial charge in [-0.1, -0.05) is 35.0 Å². The summed E-state index contributed by atoms with van der Waals surface area (Å²) in [6, 6.07) is 7.82. The van der Waals surface area contributed by atoms with Crippen LogP contribution in [0.1, 0.15) is 13.3 Å². The maximum atomic E-state index is 5.88. The van der Waals surface area contributed by atoms with Crippen molar-refractivity contribution in [3.8, 4) is 5.75 Å². The smallest absolute Gasteiger partial charge is 0.120 e. The average Bonchev–Trinajstić information content (AvgIpc) is 2.29. The molecule has 16 heavy (non-hydrogen) atoms. The van der Waals surface area contributed by atoms with E-state index in [2.05, 4.69) is 29.4 Å². The van der Waals surface area contributed by atoms with E-state index in [4.69, 9.17) is 16.3 Å². The molecule has 0 fully saturated rings. The first-order valence-corrected chi connectivity index (χ1v) is 6.50. The van der Waals surface area contributed by atoms with Crippen LogP contribution in [0.3, 0.4) is 0 Å². The third-order valence-corrected chi connectivity index (χ3v) is 3.64. The van der Waals surface area contributed by atoms with Crippen LogP contribution in [0.5, 0.6) is 5.75 Å². The zero-order valence-electron chi connectivity index (χ0n) is 9.38. The lowest BCUT2D eigenvalue weighted by Crippen LogP contribution is -2.18. The molecule has 3 heteroatoms. The third kappa shape index (κ3) is 4.18. The first kappa shape index (κ1) is 13.6. The largest absolute Gasteiger partial charge is 0.494 e. The van der Waals surface area contributed by atoms with Crippen molar-refractivity contribution in [2.75, 3.05) is 12.5 Å². The van der Waals surface area contributed by atoms with Crippen molar-refractivity contribution in [1.82, 2.24) is 0 Å². The van der Waals surface area contributed by atoms with Gasteiger partial charge in [0.15, 0.2) is 0 Å². The highest BCUT2D eigenvalue weighted by Crippen LogP contribution is 2.25. The molecule has 0 saturated carbocycles. The Hall–Kier alpha value is -0.470. The second kappa shape index (κ2) is 6.31. The van der Waals surface area contributed by atoms with Crippen molar-refractivity contribution in [2.45, 2.75) is 13.3 Å². The molecule has 0 aliphatic rings. The molecule has 0 saturated heterocycles. The maximum Gasteiger partial charge on any atom is 0.120 e. The lowest BCUT2D eigenvalue weighted by molar-refractivity contribution is 0.262. The molecule has 0 bridgehead atoms. The van der Waals surface area contributed by atoms with Gasteiger partial charge in [-0.3, -0.25) is 0 Å². The van der Waals surface area contributed by atoms with E-state index in [0.717, 1.165) is 16.6 Å². The van der Waals surface area contributed by atoms with Crippen LogP contribution in [0, 0.1) is 5.41 Å². The van der Waals surface area contributed by atoms with E-state index in [1.807, 2.05) is 30.3 Å². The van der Waals surface area contributed by atoms with Gasteiger partial charge in [0, 0.05) is 15.8 Å². The van der Waals surface area contributed by atoms with Crippen molar-refractivity contribution in [3.63, 3.8) is 0 Å². The zero-order valence-corrected chi connectivity index (χ0v) is 11.7. The van der Waals surface area contributed by atoms with Crippen LogP contribution in [-0.4, -0.2) is 12.5 Å². The fraction of sp³-hybridized carbons (Fsp3) is 0.385. The monoisotopic (exact) mass is 302 g/mol. The molecule has 0 radical (unpaired) electrons. The zero-order chi connectivity index (χ0) is 12.0. The van der Waals surface area contributed by atoms with Gasteiger partial charge in [-0.25, -0.2) is 0 Å². The molecular weight excluding hydrogens is 287 g/mol. The van der Waals surface area contributed by atoms with Crippen LogP contribution in [0.4, 0.5) is 0 Å². The number of benzene rings is 1. The van der Waals surface area contributed by atoms with Crippen LogP contribution in [-0.2, 0) is 0 Å². The number of hydrogen-bond donors (Lipinski definition) is 0. The van der Waals surface area contributed by atoms with Gasteiger partial charge >= 0.3 is 0 Å². The number of halogens is 2. The van der Waals surface area contributed by atoms with Crippen LogP contribution in [0.15, 0.2) is 41.4 Å². The van der Waals surface area contributed by atoms with Crippen molar-refractivity contribution >= 4 is 27.5 Å². The molecule has 0 aliphatic heterocycles. The lowest BCUT2D eigenvalue weighted by Gasteiger charge is -2.22. The Morgan fingerprint density at radius 2 is 2.31 bits per heavy atom. The molecule has 0 heterocycles. The molecule has 0 amide bonds. The van der Waals surface area contributed by atoms with Gasteiger partial charge in [-0.05, 0) is 24.6 Å². The molecule has 1 rings (SSSR count). The molecule has 1 nitrogen and oxygen atoms in total. The summed E-state index contributed by atoms with van der Waals surface area (Å²) in [5.74, 6) is 1.44. The Bertz CT molecular complexity index is 354. The summed E-state index contributed by atoms with van der Waals surface area (Å²) < 4.78 is 6.67. The quantitative estimate of drug-likeness (QED) is 0.549. The first-order valence-electron chi connectivity index (χ1n) is 5.17. The number of ether oxygens (including phenoxy) is 1. The molecule has 1 atom stereocenters. The van der Waals surface area contributed by atoms with E-state index < -0.39 is 0 Å². The fourth-order valence-electron chi connectivity index (χ4n) is 1.18. The van der Waals surface area contributed by atoms with E-state index in [1.165, 1.54) is 0 Å². The summed E-state index contributed by atoms with van der Waals surface area (Å²) in [5.41, 5.74) is -0.0480. The van der Waals surface area contributed by atoms with E-state index in [9.17, 15) is 0 Å². The van der Waals surface area contributed by atoms with Gasteiger partial charge in [0.25, 0.3) is 0 Å². The topological polar surface area (TPSA) is 9.23 Å². The molecule has 88 valence electrons. The van der Waals surface area contributed by atoms with Crippen LogP contribution >= 0.6 is 27.5 Å². The number of allylic oxidation sites excluding steroid dienone is 1. The van der Waals surface area contributed by atoms with Crippen molar-refractivity contribution < 1.29 is 4.74 Å². The average molecular weight is 304 g/mol. The Balaban J connectivity index is 2.44. The van der Waals surface area contributed by atoms with E-state index in [-0.39, 0.29) is 5.41 Å². The molecule has 0 spiro atoms. The Labute approximate surface area is 111 Å². The van der Waals surface area contributed by atoms with Crippen LogP contribution < -0.4 is 4.74 Å². The van der Waals surface area contributed by atoms with Crippen LogP contribution in [0.25, 0.3) is 0 Å². The second-order valence-corrected chi connectivity index (χ2v) is 5.23. The predicted molar refractivity (Wildman–Crippen MR) is 73.3 cm³/mol. The summed E-state index contributed by atoms with van der Waals surface area (Å²) in [5, 5.41) is 0. The minimum absolute atomic E-state index is 0.0480. The molecule has 1 aromatic carbocycles. The second-order valence-electron chi connectivity index (χ2n) is 4.05. The summed E-state index contributed by atoms with van der Waals surface area (Å²) in [6.45, 7) is 6.52. The molecular formula is C13H16BrClO. The van der Waals surface area contributed by atoms with E-state index in [1.54, 1.807) is 0 Å². The summed E-state index contributed by atoms with van der Waals surface area (Å²) in [4.78, 5) is 0. The summed E-state index contributed by atoms with van der Waals surface area (Å²) in [7, 11) is 0. The molecule has 1 unspecified atom stereocenters. The highest BCUT2D eigenvalue weighted by molar-refractivity contribution is 9.10. The molecule has 0 aliphatic carbocycles. The SMILES string of the molecule is C=CC(C)(CCl)CCOc1cccc(Br)c1. The highest BCUT2D eigenvalue weighted by Gasteiger charge is 2.18. The Morgan fingerprint density at radius 1 is 1.56 bits per heavy atom. The highest BCUT2D eigenvalue weighted by atomic mass is 79.9. The van der Waals surface area contributed by atoms with Gasteiger partial charge < -0.3 is 4.74 Å².